The Bertz CT molecular complexity index is 353. The lowest BCUT2D eigenvalue weighted by molar-refractivity contribution is 0.406. The monoisotopic (exact) mass is 244 g/mol. The lowest BCUT2D eigenvalue weighted by Gasteiger charge is -2.15. The summed E-state index contributed by atoms with van der Waals surface area (Å²) in [5, 5.41) is 0. The maximum Gasteiger partial charge on any atom is -0.0250 e. The highest BCUT2D eigenvalue weighted by molar-refractivity contribution is 5.22. The van der Waals surface area contributed by atoms with Gasteiger partial charge in [0.1, 0.15) is 0 Å². The molecule has 1 aliphatic rings. The van der Waals surface area contributed by atoms with Crippen molar-refractivity contribution in [3.05, 3.63) is 35.4 Å². The van der Waals surface area contributed by atoms with Crippen LogP contribution in [-0.4, -0.2) is 0 Å². The summed E-state index contributed by atoms with van der Waals surface area (Å²) in [7, 11) is 0. The number of aryl methyl sites for hydroxylation is 1. The molecule has 0 heteroatoms. The first-order valence-electron chi connectivity index (χ1n) is 7.83. The van der Waals surface area contributed by atoms with E-state index < -0.39 is 0 Å². The molecule has 1 aromatic carbocycles. The normalized spacial score (nSPS) is 24.8. The molecule has 18 heavy (non-hydrogen) atoms. The zero-order valence-electron chi connectivity index (χ0n) is 12.1. The molecule has 0 bridgehead atoms. The van der Waals surface area contributed by atoms with Crippen LogP contribution in [0, 0.1) is 18.8 Å². The van der Waals surface area contributed by atoms with Gasteiger partial charge in [-0.3, -0.25) is 0 Å². The summed E-state index contributed by atoms with van der Waals surface area (Å²) in [6.45, 7) is 4.53. The Morgan fingerprint density at radius 2 is 1.83 bits per heavy atom. The Labute approximate surface area is 113 Å². The van der Waals surface area contributed by atoms with Crippen LogP contribution >= 0.6 is 0 Å². The van der Waals surface area contributed by atoms with Gasteiger partial charge in [-0.1, -0.05) is 75.3 Å². The molecule has 1 fully saturated rings. The Hall–Kier alpha value is -0.780. The highest BCUT2D eigenvalue weighted by Crippen LogP contribution is 2.31. The van der Waals surface area contributed by atoms with Crippen molar-refractivity contribution in [1.82, 2.24) is 0 Å². The van der Waals surface area contributed by atoms with Gasteiger partial charge in [0.05, 0.1) is 0 Å². The quantitative estimate of drug-likeness (QED) is 0.610. The molecule has 0 spiro atoms. The predicted octanol–water partition coefficient (Wildman–Crippen LogP) is 5.53. The standard InChI is InChI=1S/C18H28/c1-3-6-16-8-5-9-17(12-11-16)14-18-10-4-7-15(2)13-18/h4,7,10,13,16-17H,3,5-6,8-9,11-12,14H2,1-2H3. The minimum absolute atomic E-state index is 0.939. The van der Waals surface area contributed by atoms with E-state index in [1.165, 1.54) is 56.9 Å². The van der Waals surface area contributed by atoms with Crippen molar-refractivity contribution in [2.24, 2.45) is 11.8 Å². The van der Waals surface area contributed by atoms with E-state index in [9.17, 15) is 0 Å². The van der Waals surface area contributed by atoms with Gasteiger partial charge in [0, 0.05) is 0 Å². The molecule has 0 heterocycles. The molecule has 0 aliphatic heterocycles. The first kappa shape index (κ1) is 13.6. The van der Waals surface area contributed by atoms with Gasteiger partial charge in [0.25, 0.3) is 0 Å². The Morgan fingerprint density at radius 3 is 2.61 bits per heavy atom. The smallest absolute Gasteiger partial charge is 0.0250 e. The minimum Gasteiger partial charge on any atom is -0.0654 e. The molecule has 0 radical (unpaired) electrons. The topological polar surface area (TPSA) is 0 Å². The molecule has 2 unspecified atom stereocenters. The lowest BCUT2D eigenvalue weighted by Crippen LogP contribution is -2.04. The van der Waals surface area contributed by atoms with Crippen LogP contribution < -0.4 is 0 Å². The molecule has 0 nitrogen and oxygen atoms in total. The van der Waals surface area contributed by atoms with Crippen molar-refractivity contribution in [2.75, 3.05) is 0 Å². The highest BCUT2D eigenvalue weighted by atomic mass is 14.2. The molecule has 0 aromatic heterocycles. The van der Waals surface area contributed by atoms with Gasteiger partial charge in [-0.15, -0.1) is 0 Å². The second-order valence-electron chi connectivity index (χ2n) is 6.22. The molecule has 0 N–H and O–H groups in total. The Kier molecular flexibility index (Phi) is 5.28. The molecule has 2 atom stereocenters. The zero-order chi connectivity index (χ0) is 12.8. The van der Waals surface area contributed by atoms with Crippen molar-refractivity contribution >= 4 is 0 Å². The number of hydrogen-bond acceptors (Lipinski definition) is 0. The fourth-order valence-electron chi connectivity index (χ4n) is 3.53. The third-order valence-corrected chi connectivity index (χ3v) is 4.51. The summed E-state index contributed by atoms with van der Waals surface area (Å²) in [6, 6.07) is 9.09. The molecule has 0 amide bonds. The van der Waals surface area contributed by atoms with Crippen LogP contribution in [0.2, 0.25) is 0 Å². The molecule has 1 saturated carbocycles. The summed E-state index contributed by atoms with van der Waals surface area (Å²) in [6.07, 6.45) is 11.5. The fourth-order valence-corrected chi connectivity index (χ4v) is 3.53. The highest BCUT2D eigenvalue weighted by Gasteiger charge is 2.18. The van der Waals surface area contributed by atoms with E-state index in [0.29, 0.717) is 0 Å². The Balaban J connectivity index is 1.87. The Morgan fingerprint density at radius 1 is 1.06 bits per heavy atom. The summed E-state index contributed by atoms with van der Waals surface area (Å²) < 4.78 is 0. The molecule has 0 saturated heterocycles. The first-order valence-corrected chi connectivity index (χ1v) is 7.83. The van der Waals surface area contributed by atoms with Gasteiger partial charge >= 0.3 is 0 Å². The van der Waals surface area contributed by atoms with Crippen LogP contribution in [0.1, 0.15) is 63.0 Å². The molecule has 100 valence electrons. The van der Waals surface area contributed by atoms with Crippen molar-refractivity contribution in [2.45, 2.75) is 65.2 Å². The summed E-state index contributed by atoms with van der Waals surface area (Å²) >= 11 is 0. The second-order valence-corrected chi connectivity index (χ2v) is 6.22. The summed E-state index contributed by atoms with van der Waals surface area (Å²) in [4.78, 5) is 0. The van der Waals surface area contributed by atoms with Gasteiger partial charge < -0.3 is 0 Å². The van der Waals surface area contributed by atoms with Gasteiger partial charge in [-0.05, 0) is 37.2 Å². The van der Waals surface area contributed by atoms with Crippen LogP contribution in [0.3, 0.4) is 0 Å². The van der Waals surface area contributed by atoms with Crippen molar-refractivity contribution in [3.63, 3.8) is 0 Å². The van der Waals surface area contributed by atoms with E-state index in [2.05, 4.69) is 38.1 Å². The lowest BCUT2D eigenvalue weighted by atomic mass is 9.91. The average Bonchev–Trinajstić information content (AvgIpc) is 2.56. The van der Waals surface area contributed by atoms with Crippen LogP contribution in [0.4, 0.5) is 0 Å². The van der Waals surface area contributed by atoms with E-state index >= 15 is 0 Å². The van der Waals surface area contributed by atoms with Crippen molar-refractivity contribution in [1.29, 1.82) is 0 Å². The van der Waals surface area contributed by atoms with E-state index in [1.54, 1.807) is 5.56 Å². The third kappa shape index (κ3) is 4.15. The SMILES string of the molecule is CCCC1CCCC(Cc2cccc(C)c2)CC1. The largest absolute Gasteiger partial charge is 0.0654 e. The van der Waals surface area contributed by atoms with Gasteiger partial charge in [-0.2, -0.15) is 0 Å². The van der Waals surface area contributed by atoms with Crippen molar-refractivity contribution < 1.29 is 0 Å². The van der Waals surface area contributed by atoms with E-state index in [0.717, 1.165) is 11.8 Å². The third-order valence-electron chi connectivity index (χ3n) is 4.51. The molecule has 2 rings (SSSR count). The maximum atomic E-state index is 2.37. The van der Waals surface area contributed by atoms with Crippen LogP contribution in [0.5, 0.6) is 0 Å². The number of benzene rings is 1. The van der Waals surface area contributed by atoms with Gasteiger partial charge in [-0.25, -0.2) is 0 Å². The predicted molar refractivity (Wildman–Crippen MR) is 79.9 cm³/mol. The number of rotatable bonds is 4. The average molecular weight is 244 g/mol. The zero-order valence-corrected chi connectivity index (χ0v) is 12.1. The van der Waals surface area contributed by atoms with E-state index in [-0.39, 0.29) is 0 Å². The van der Waals surface area contributed by atoms with E-state index in [1.807, 2.05) is 0 Å². The molecular formula is C18H28. The van der Waals surface area contributed by atoms with Gasteiger partial charge in [0.15, 0.2) is 0 Å². The van der Waals surface area contributed by atoms with Gasteiger partial charge in [0.2, 0.25) is 0 Å². The van der Waals surface area contributed by atoms with Crippen LogP contribution in [0.15, 0.2) is 24.3 Å². The van der Waals surface area contributed by atoms with Crippen molar-refractivity contribution in [3.8, 4) is 0 Å². The maximum absolute atomic E-state index is 2.37. The number of hydrogen-bond donors (Lipinski definition) is 0. The first-order chi connectivity index (χ1) is 8.78. The summed E-state index contributed by atoms with van der Waals surface area (Å²) in [5.41, 5.74) is 2.96. The molecular weight excluding hydrogens is 216 g/mol. The fraction of sp³-hybridized carbons (Fsp3) is 0.667. The molecule has 1 aliphatic carbocycles. The van der Waals surface area contributed by atoms with Crippen LogP contribution in [-0.2, 0) is 6.42 Å². The minimum atomic E-state index is 0.939. The molecule has 1 aromatic rings. The van der Waals surface area contributed by atoms with Crippen LogP contribution in [0.25, 0.3) is 0 Å². The summed E-state index contributed by atoms with van der Waals surface area (Å²) in [5.74, 6) is 1.96. The van der Waals surface area contributed by atoms with E-state index in [4.69, 9.17) is 0 Å². The second kappa shape index (κ2) is 6.97.